The van der Waals surface area contributed by atoms with Crippen LogP contribution in [-0.4, -0.2) is 0 Å². The summed E-state index contributed by atoms with van der Waals surface area (Å²) in [5, 5.41) is 2.64. The molecule has 0 fully saturated rings. The van der Waals surface area contributed by atoms with E-state index in [1.54, 1.807) is 0 Å². The summed E-state index contributed by atoms with van der Waals surface area (Å²) < 4.78 is 2.67. The van der Waals surface area contributed by atoms with Crippen LogP contribution in [0, 0.1) is 13.8 Å². The number of rotatable bonds is 10. The summed E-state index contributed by atoms with van der Waals surface area (Å²) in [4.78, 5) is 4.77. The molecule has 1 heterocycles. The van der Waals surface area contributed by atoms with Crippen molar-refractivity contribution in [3.63, 3.8) is 0 Å². The van der Waals surface area contributed by atoms with Gasteiger partial charge < -0.3 is 9.80 Å². The summed E-state index contributed by atoms with van der Waals surface area (Å²) in [7, 11) is 0. The van der Waals surface area contributed by atoms with Crippen LogP contribution in [0.3, 0.4) is 0 Å². The molecule has 0 N–H and O–H groups in total. The van der Waals surface area contributed by atoms with Crippen LogP contribution in [0.15, 0.2) is 243 Å². The van der Waals surface area contributed by atoms with Crippen LogP contribution < -0.4 is 9.80 Å². The molecule has 0 bridgehead atoms. The third-order valence-corrected chi connectivity index (χ3v) is 13.7. The number of thiophene rings is 1. The predicted octanol–water partition coefficient (Wildman–Crippen LogP) is 18.3. The van der Waals surface area contributed by atoms with Gasteiger partial charge >= 0.3 is 0 Å². The van der Waals surface area contributed by atoms with Crippen molar-refractivity contribution >= 4 is 65.6 Å². The van der Waals surface area contributed by atoms with Crippen molar-refractivity contribution < 1.29 is 0 Å². The molecule has 11 aromatic rings. The molecule has 1 aromatic heterocycles. The lowest BCUT2D eigenvalue weighted by molar-refractivity contribution is 1.25. The second kappa shape index (κ2) is 17.3. The first kappa shape index (κ1) is 39.8. The Labute approximate surface area is 385 Å². The van der Waals surface area contributed by atoms with Crippen molar-refractivity contribution in [2.24, 2.45) is 0 Å². The zero-order valence-electron chi connectivity index (χ0n) is 36.4. The van der Waals surface area contributed by atoms with Crippen molar-refractivity contribution in [2.75, 3.05) is 9.80 Å². The van der Waals surface area contributed by atoms with E-state index >= 15 is 0 Å². The Kier molecular flexibility index (Phi) is 10.6. The predicted molar refractivity (Wildman–Crippen MR) is 280 cm³/mol. The molecule has 0 saturated carbocycles. The van der Waals surface area contributed by atoms with E-state index in [1.165, 1.54) is 64.7 Å². The van der Waals surface area contributed by atoms with Gasteiger partial charge in [0, 0.05) is 59.9 Å². The molecule has 0 aliphatic carbocycles. The average Bonchev–Trinajstić information content (AvgIpc) is 3.75. The highest BCUT2D eigenvalue weighted by Gasteiger charge is 2.21. The lowest BCUT2D eigenvalue weighted by atomic mass is 9.92. The lowest BCUT2D eigenvalue weighted by Crippen LogP contribution is -2.13. The van der Waals surface area contributed by atoms with Crippen molar-refractivity contribution in [3.05, 3.63) is 254 Å². The maximum absolute atomic E-state index is 2.39. The lowest BCUT2D eigenvalue weighted by Gasteiger charge is -2.30. The van der Waals surface area contributed by atoms with Crippen molar-refractivity contribution in [1.82, 2.24) is 0 Å². The Morgan fingerprint density at radius 3 is 1.26 bits per heavy atom. The topological polar surface area (TPSA) is 6.48 Å². The highest BCUT2D eigenvalue weighted by atomic mass is 32.1. The van der Waals surface area contributed by atoms with Gasteiger partial charge in [-0.15, -0.1) is 11.3 Å². The van der Waals surface area contributed by atoms with E-state index < -0.39 is 0 Å². The molecule has 0 aliphatic heterocycles. The second-order valence-electron chi connectivity index (χ2n) is 16.7. The van der Waals surface area contributed by atoms with Gasteiger partial charge in [-0.25, -0.2) is 0 Å². The van der Waals surface area contributed by atoms with E-state index in [9.17, 15) is 0 Å². The molecule has 2 nitrogen and oxygen atoms in total. The third kappa shape index (κ3) is 7.77. The van der Waals surface area contributed by atoms with Gasteiger partial charge in [0.05, 0.1) is 0 Å². The maximum atomic E-state index is 2.39. The Balaban J connectivity index is 1.10. The van der Waals surface area contributed by atoms with E-state index in [0.717, 1.165) is 45.3 Å². The van der Waals surface area contributed by atoms with E-state index in [4.69, 9.17) is 0 Å². The molecule has 0 atom stereocenters. The fourth-order valence-electron chi connectivity index (χ4n) is 9.28. The Hall–Kier alpha value is -7.98. The van der Waals surface area contributed by atoms with Crippen LogP contribution in [0.2, 0.25) is 0 Å². The number of hydrogen-bond acceptors (Lipinski definition) is 3. The SMILES string of the molecule is Cc1cc(-c2cc(N(c3ccccc3)c3ccc(-c4ccccc4)cc3)cc(N(c3ccccc3)c3ccc(-c4ccccc4)cc3)c2)ccc1-c1c(C)ccc2c1sc1ccccc12. The summed E-state index contributed by atoms with van der Waals surface area (Å²) in [5.74, 6) is 0. The molecular formula is C62H46N2S. The minimum atomic E-state index is 1.06. The molecule has 0 saturated heterocycles. The summed E-state index contributed by atoms with van der Waals surface area (Å²) in [6, 6.07) is 88.0. The molecule has 0 unspecified atom stereocenters. The standard InChI is InChI=1S/C62H46N2S/c1-43-27-37-59-58-25-15-16-26-60(58)65-62(59)61(43)57-38-32-49(39-44(57)2)50-40-55(63(51-21-11-5-12-22-51)53-33-28-47(29-34-53)45-17-7-3-8-18-45)42-56(41-50)64(52-23-13-6-14-24-52)54-35-30-48(31-36-54)46-19-9-4-10-20-46/h3-42H,1-2H3. The molecule has 10 aromatic carbocycles. The zero-order chi connectivity index (χ0) is 43.7. The normalized spacial score (nSPS) is 11.2. The second-order valence-corrected chi connectivity index (χ2v) is 17.7. The molecule has 3 heteroatoms. The molecule has 0 amide bonds. The zero-order valence-corrected chi connectivity index (χ0v) is 37.2. The quantitative estimate of drug-likeness (QED) is 0.135. The van der Waals surface area contributed by atoms with Gasteiger partial charge in [0.25, 0.3) is 0 Å². The first-order chi connectivity index (χ1) is 32.1. The van der Waals surface area contributed by atoms with Gasteiger partial charge in [-0.1, -0.05) is 170 Å². The first-order valence-electron chi connectivity index (χ1n) is 22.2. The largest absolute Gasteiger partial charge is 0.310 e. The minimum Gasteiger partial charge on any atom is -0.310 e. The smallest absolute Gasteiger partial charge is 0.0488 e. The highest BCUT2D eigenvalue weighted by molar-refractivity contribution is 7.26. The van der Waals surface area contributed by atoms with Crippen molar-refractivity contribution in [2.45, 2.75) is 13.8 Å². The van der Waals surface area contributed by atoms with Crippen molar-refractivity contribution in [1.29, 1.82) is 0 Å². The first-order valence-corrected chi connectivity index (χ1v) is 23.1. The van der Waals surface area contributed by atoms with Crippen LogP contribution in [0.5, 0.6) is 0 Å². The van der Waals surface area contributed by atoms with Gasteiger partial charge in [-0.2, -0.15) is 0 Å². The van der Waals surface area contributed by atoms with Gasteiger partial charge in [0.1, 0.15) is 0 Å². The summed E-state index contributed by atoms with van der Waals surface area (Å²) in [5.41, 5.74) is 18.6. The average molecular weight is 851 g/mol. The fraction of sp³-hybridized carbons (Fsp3) is 0.0323. The van der Waals surface area contributed by atoms with Crippen LogP contribution in [0.25, 0.3) is 64.7 Å². The van der Waals surface area contributed by atoms with Gasteiger partial charge in [-0.05, 0) is 137 Å². The summed E-state index contributed by atoms with van der Waals surface area (Å²) >= 11 is 1.90. The van der Waals surface area contributed by atoms with Gasteiger partial charge in [0.2, 0.25) is 0 Å². The van der Waals surface area contributed by atoms with Crippen molar-refractivity contribution in [3.8, 4) is 44.5 Å². The molecule has 0 radical (unpaired) electrons. The number of fused-ring (bicyclic) bond motifs is 3. The highest BCUT2D eigenvalue weighted by Crippen LogP contribution is 2.46. The van der Waals surface area contributed by atoms with E-state index in [1.807, 2.05) is 11.3 Å². The summed E-state index contributed by atoms with van der Waals surface area (Å²) in [6.45, 7) is 4.52. The van der Waals surface area contributed by atoms with E-state index in [0.29, 0.717) is 0 Å². The van der Waals surface area contributed by atoms with Crippen LogP contribution in [0.1, 0.15) is 11.1 Å². The Bertz CT molecular complexity index is 3270. The molecule has 310 valence electrons. The summed E-state index contributed by atoms with van der Waals surface area (Å²) in [6.07, 6.45) is 0. The number of nitrogens with zero attached hydrogens (tertiary/aromatic N) is 2. The van der Waals surface area contributed by atoms with Crippen LogP contribution in [0.4, 0.5) is 34.1 Å². The number of benzene rings is 10. The van der Waals surface area contributed by atoms with Crippen LogP contribution >= 0.6 is 11.3 Å². The molecule has 0 spiro atoms. The Morgan fingerprint density at radius 2 is 0.738 bits per heavy atom. The molecule has 65 heavy (non-hydrogen) atoms. The van der Waals surface area contributed by atoms with E-state index in [2.05, 4.69) is 266 Å². The number of hydrogen-bond donors (Lipinski definition) is 0. The number of aryl methyl sites for hydroxylation is 2. The monoisotopic (exact) mass is 850 g/mol. The van der Waals surface area contributed by atoms with Gasteiger partial charge in [-0.3, -0.25) is 0 Å². The maximum Gasteiger partial charge on any atom is 0.0488 e. The van der Waals surface area contributed by atoms with E-state index in [-0.39, 0.29) is 0 Å². The number of para-hydroxylation sites is 2. The fourth-order valence-corrected chi connectivity index (χ4v) is 10.6. The molecule has 0 aliphatic rings. The van der Waals surface area contributed by atoms with Crippen LogP contribution in [-0.2, 0) is 0 Å². The minimum absolute atomic E-state index is 1.06. The van der Waals surface area contributed by atoms with Gasteiger partial charge in [0.15, 0.2) is 0 Å². The molecule has 11 rings (SSSR count). The Morgan fingerprint density at radius 1 is 0.292 bits per heavy atom. The molecular weight excluding hydrogens is 805 g/mol. The number of anilines is 6. The third-order valence-electron chi connectivity index (χ3n) is 12.5.